The molecule has 0 aromatic heterocycles. The molecule has 0 aliphatic carbocycles. The van der Waals surface area contributed by atoms with Crippen molar-refractivity contribution in [1.82, 2.24) is 10.2 Å². The van der Waals surface area contributed by atoms with Gasteiger partial charge in [0.15, 0.2) is 0 Å². The summed E-state index contributed by atoms with van der Waals surface area (Å²) < 4.78 is 5.49. The SMILES string of the molecule is CN(CC1CNC1)CC1CCCOC1. The summed E-state index contributed by atoms with van der Waals surface area (Å²) in [5, 5.41) is 3.32. The van der Waals surface area contributed by atoms with Gasteiger partial charge in [-0.25, -0.2) is 0 Å². The minimum Gasteiger partial charge on any atom is -0.381 e. The molecular weight excluding hydrogens is 176 g/mol. The number of rotatable bonds is 4. The van der Waals surface area contributed by atoms with Crippen LogP contribution in [0.2, 0.25) is 0 Å². The minimum atomic E-state index is 0.779. The van der Waals surface area contributed by atoms with Crippen molar-refractivity contribution in [3.05, 3.63) is 0 Å². The molecule has 2 aliphatic rings. The Hall–Kier alpha value is -0.120. The average molecular weight is 198 g/mol. The summed E-state index contributed by atoms with van der Waals surface area (Å²) in [5.74, 6) is 1.67. The predicted octanol–water partition coefficient (Wildman–Crippen LogP) is 0.564. The molecule has 2 aliphatic heterocycles. The van der Waals surface area contributed by atoms with E-state index in [0.29, 0.717) is 0 Å². The molecule has 2 heterocycles. The molecule has 2 fully saturated rings. The van der Waals surface area contributed by atoms with Crippen LogP contribution in [0.3, 0.4) is 0 Å². The van der Waals surface area contributed by atoms with E-state index in [1.807, 2.05) is 0 Å². The van der Waals surface area contributed by atoms with Crippen LogP contribution in [0.5, 0.6) is 0 Å². The summed E-state index contributed by atoms with van der Waals surface area (Å²) in [7, 11) is 2.24. The Labute approximate surface area is 86.8 Å². The van der Waals surface area contributed by atoms with Gasteiger partial charge in [0, 0.05) is 32.8 Å². The number of nitrogens with zero attached hydrogens (tertiary/aromatic N) is 1. The largest absolute Gasteiger partial charge is 0.381 e. The second-order valence-electron chi connectivity index (χ2n) is 4.83. The molecule has 0 spiro atoms. The van der Waals surface area contributed by atoms with Crippen molar-refractivity contribution >= 4 is 0 Å². The van der Waals surface area contributed by atoms with Gasteiger partial charge in [-0.05, 0) is 31.7 Å². The van der Waals surface area contributed by atoms with Crippen LogP contribution in [0.15, 0.2) is 0 Å². The van der Waals surface area contributed by atoms with Crippen molar-refractivity contribution < 1.29 is 4.74 Å². The Morgan fingerprint density at radius 1 is 1.29 bits per heavy atom. The first-order valence-corrected chi connectivity index (χ1v) is 5.81. The van der Waals surface area contributed by atoms with Crippen LogP contribution in [0.1, 0.15) is 12.8 Å². The highest BCUT2D eigenvalue weighted by Crippen LogP contribution is 2.15. The molecule has 0 radical (unpaired) electrons. The lowest BCUT2D eigenvalue weighted by Gasteiger charge is -2.33. The zero-order valence-electron chi connectivity index (χ0n) is 9.17. The topological polar surface area (TPSA) is 24.5 Å². The van der Waals surface area contributed by atoms with Gasteiger partial charge in [0.1, 0.15) is 0 Å². The molecule has 1 N–H and O–H groups in total. The van der Waals surface area contributed by atoms with Crippen molar-refractivity contribution in [2.45, 2.75) is 12.8 Å². The molecule has 14 heavy (non-hydrogen) atoms. The van der Waals surface area contributed by atoms with E-state index < -0.39 is 0 Å². The summed E-state index contributed by atoms with van der Waals surface area (Å²) in [6.07, 6.45) is 2.61. The summed E-state index contributed by atoms with van der Waals surface area (Å²) in [4.78, 5) is 2.48. The molecule has 0 amide bonds. The van der Waals surface area contributed by atoms with E-state index in [1.165, 1.54) is 39.0 Å². The van der Waals surface area contributed by atoms with Gasteiger partial charge in [-0.2, -0.15) is 0 Å². The van der Waals surface area contributed by atoms with Crippen LogP contribution in [0, 0.1) is 11.8 Å². The van der Waals surface area contributed by atoms with Gasteiger partial charge in [-0.15, -0.1) is 0 Å². The van der Waals surface area contributed by atoms with Crippen LogP contribution < -0.4 is 5.32 Å². The minimum absolute atomic E-state index is 0.779. The standard InChI is InChI=1S/C11H22N2O/c1-13(8-11-5-12-6-11)7-10-3-2-4-14-9-10/h10-12H,2-9H2,1H3. The normalized spacial score (nSPS) is 29.1. The smallest absolute Gasteiger partial charge is 0.0506 e. The van der Waals surface area contributed by atoms with E-state index in [9.17, 15) is 0 Å². The third kappa shape index (κ3) is 2.94. The maximum Gasteiger partial charge on any atom is 0.0506 e. The summed E-state index contributed by atoms with van der Waals surface area (Å²) in [6.45, 7) is 6.86. The first kappa shape index (κ1) is 10.4. The van der Waals surface area contributed by atoms with E-state index in [1.54, 1.807) is 0 Å². The Morgan fingerprint density at radius 2 is 2.07 bits per heavy atom. The molecular formula is C11H22N2O. The van der Waals surface area contributed by atoms with Crippen molar-refractivity contribution in [2.24, 2.45) is 11.8 Å². The average Bonchev–Trinajstić information content (AvgIpc) is 2.13. The molecule has 3 heteroatoms. The van der Waals surface area contributed by atoms with Gasteiger partial charge in [0.25, 0.3) is 0 Å². The van der Waals surface area contributed by atoms with E-state index >= 15 is 0 Å². The molecule has 2 rings (SSSR count). The summed E-state index contributed by atoms with van der Waals surface area (Å²) in [6, 6.07) is 0. The van der Waals surface area contributed by atoms with Crippen LogP contribution in [0.25, 0.3) is 0 Å². The molecule has 1 atom stereocenters. The van der Waals surface area contributed by atoms with Crippen molar-refractivity contribution in [2.75, 3.05) is 46.4 Å². The second-order valence-corrected chi connectivity index (χ2v) is 4.83. The third-order valence-corrected chi connectivity index (χ3v) is 3.26. The zero-order valence-corrected chi connectivity index (χ0v) is 9.17. The molecule has 1 unspecified atom stereocenters. The van der Waals surface area contributed by atoms with Crippen LogP contribution in [-0.4, -0.2) is 51.3 Å². The highest BCUT2D eigenvalue weighted by Gasteiger charge is 2.21. The van der Waals surface area contributed by atoms with E-state index in [2.05, 4.69) is 17.3 Å². The van der Waals surface area contributed by atoms with Gasteiger partial charge < -0.3 is 15.0 Å². The summed E-state index contributed by atoms with van der Waals surface area (Å²) in [5.41, 5.74) is 0. The van der Waals surface area contributed by atoms with Crippen molar-refractivity contribution in [3.8, 4) is 0 Å². The lowest BCUT2D eigenvalue weighted by Crippen LogP contribution is -2.48. The summed E-state index contributed by atoms with van der Waals surface area (Å²) >= 11 is 0. The fraction of sp³-hybridized carbons (Fsp3) is 1.00. The Balaban J connectivity index is 1.62. The van der Waals surface area contributed by atoms with Crippen LogP contribution >= 0.6 is 0 Å². The van der Waals surface area contributed by atoms with E-state index in [4.69, 9.17) is 4.74 Å². The monoisotopic (exact) mass is 198 g/mol. The molecule has 0 aromatic rings. The number of hydrogen-bond donors (Lipinski definition) is 1. The van der Waals surface area contributed by atoms with Crippen molar-refractivity contribution in [3.63, 3.8) is 0 Å². The molecule has 0 saturated carbocycles. The second kappa shape index (κ2) is 5.10. The highest BCUT2D eigenvalue weighted by molar-refractivity contribution is 4.78. The predicted molar refractivity (Wildman–Crippen MR) is 57.4 cm³/mol. The van der Waals surface area contributed by atoms with Crippen LogP contribution in [0.4, 0.5) is 0 Å². The molecule has 2 saturated heterocycles. The quantitative estimate of drug-likeness (QED) is 0.714. The fourth-order valence-electron chi connectivity index (χ4n) is 2.39. The van der Waals surface area contributed by atoms with E-state index in [0.717, 1.165) is 25.0 Å². The number of hydrogen-bond acceptors (Lipinski definition) is 3. The maximum atomic E-state index is 5.49. The zero-order chi connectivity index (χ0) is 9.80. The maximum absolute atomic E-state index is 5.49. The number of ether oxygens (including phenoxy) is 1. The van der Waals surface area contributed by atoms with Gasteiger partial charge >= 0.3 is 0 Å². The molecule has 3 nitrogen and oxygen atoms in total. The first-order valence-electron chi connectivity index (χ1n) is 5.81. The lowest BCUT2D eigenvalue weighted by molar-refractivity contribution is 0.0390. The van der Waals surface area contributed by atoms with Gasteiger partial charge in [0.05, 0.1) is 6.61 Å². The third-order valence-electron chi connectivity index (χ3n) is 3.26. The fourth-order valence-corrected chi connectivity index (χ4v) is 2.39. The highest BCUT2D eigenvalue weighted by atomic mass is 16.5. The van der Waals surface area contributed by atoms with Gasteiger partial charge in [0.2, 0.25) is 0 Å². The molecule has 0 bridgehead atoms. The molecule has 82 valence electrons. The lowest BCUT2D eigenvalue weighted by atomic mass is 9.99. The Kier molecular flexibility index (Phi) is 3.79. The van der Waals surface area contributed by atoms with Gasteiger partial charge in [-0.1, -0.05) is 0 Å². The Morgan fingerprint density at radius 3 is 2.64 bits per heavy atom. The Bertz CT molecular complexity index is 165. The van der Waals surface area contributed by atoms with Crippen LogP contribution in [-0.2, 0) is 4.74 Å². The van der Waals surface area contributed by atoms with Gasteiger partial charge in [-0.3, -0.25) is 0 Å². The first-order chi connectivity index (χ1) is 6.84. The molecule has 0 aromatic carbocycles. The number of nitrogens with one attached hydrogen (secondary N) is 1. The van der Waals surface area contributed by atoms with E-state index in [-0.39, 0.29) is 0 Å². The van der Waals surface area contributed by atoms with Crippen molar-refractivity contribution in [1.29, 1.82) is 0 Å².